The summed E-state index contributed by atoms with van der Waals surface area (Å²) in [7, 11) is -2.94. The van der Waals surface area contributed by atoms with E-state index in [9.17, 15) is 29.5 Å². The number of rotatable bonds is 10. The zero-order valence-corrected chi connectivity index (χ0v) is 14.2. The average molecular weight is 378 g/mol. The largest absolute Gasteiger partial charge is 0.493 e. The number of hydrogen-bond donors (Lipinski definition) is 4. The lowest BCUT2D eigenvalue weighted by Gasteiger charge is -2.19. The van der Waals surface area contributed by atoms with Gasteiger partial charge in [-0.25, -0.2) is 4.79 Å². The first kappa shape index (κ1) is 20.8. The molecule has 0 saturated heterocycles. The van der Waals surface area contributed by atoms with Gasteiger partial charge >= 0.3 is 11.7 Å². The van der Waals surface area contributed by atoms with E-state index in [4.69, 9.17) is 20.3 Å². The standard InChI is InChI=1S/C13H19N2O9P/c1-23-10-6-8(13(18)25(21,22)4-2-3-14)5-9(15(19)20)12(10)24-7-11(16)17/h5-6,13,18H,2-4,7,14H2,1H3,(H,16,17)(H,21,22). The second-order valence-corrected chi connectivity index (χ2v) is 7.45. The zero-order chi connectivity index (χ0) is 19.2. The van der Waals surface area contributed by atoms with Crippen molar-refractivity contribution in [2.45, 2.75) is 12.3 Å². The van der Waals surface area contributed by atoms with Gasteiger partial charge in [-0.3, -0.25) is 14.7 Å². The lowest BCUT2D eigenvalue weighted by molar-refractivity contribution is -0.386. The number of aliphatic hydroxyl groups excluding tert-OH is 1. The molecular weight excluding hydrogens is 359 g/mol. The van der Waals surface area contributed by atoms with Gasteiger partial charge < -0.3 is 30.3 Å². The van der Waals surface area contributed by atoms with E-state index < -0.39 is 42.2 Å². The number of hydrogen-bond acceptors (Lipinski definition) is 8. The van der Waals surface area contributed by atoms with Gasteiger partial charge in [-0.1, -0.05) is 0 Å². The van der Waals surface area contributed by atoms with Crippen LogP contribution >= 0.6 is 7.37 Å². The molecule has 1 aromatic carbocycles. The molecule has 11 nitrogen and oxygen atoms in total. The van der Waals surface area contributed by atoms with E-state index in [0.29, 0.717) is 0 Å². The molecule has 0 aliphatic carbocycles. The van der Waals surface area contributed by atoms with Gasteiger partial charge in [0.2, 0.25) is 13.1 Å². The van der Waals surface area contributed by atoms with E-state index in [0.717, 1.165) is 19.2 Å². The highest BCUT2D eigenvalue weighted by atomic mass is 31.2. The van der Waals surface area contributed by atoms with Crippen LogP contribution in [0.15, 0.2) is 12.1 Å². The van der Waals surface area contributed by atoms with Gasteiger partial charge in [0.1, 0.15) is 0 Å². The van der Waals surface area contributed by atoms with E-state index in [1.54, 1.807) is 0 Å². The summed E-state index contributed by atoms with van der Waals surface area (Å²) in [6, 6.07) is 1.93. The van der Waals surface area contributed by atoms with Gasteiger partial charge in [0.25, 0.3) is 0 Å². The highest BCUT2D eigenvalue weighted by Gasteiger charge is 2.33. The van der Waals surface area contributed by atoms with E-state index in [1.807, 2.05) is 0 Å². The van der Waals surface area contributed by atoms with Crippen molar-refractivity contribution in [2.75, 3.05) is 26.4 Å². The van der Waals surface area contributed by atoms with Crippen LogP contribution in [-0.4, -0.2) is 52.4 Å². The molecule has 140 valence electrons. The van der Waals surface area contributed by atoms with Crippen molar-refractivity contribution in [1.29, 1.82) is 0 Å². The molecule has 0 spiro atoms. The molecule has 0 aliphatic rings. The van der Waals surface area contributed by atoms with Crippen molar-refractivity contribution in [2.24, 2.45) is 5.73 Å². The lowest BCUT2D eigenvalue weighted by Crippen LogP contribution is -2.12. The van der Waals surface area contributed by atoms with Crippen molar-refractivity contribution >= 4 is 19.0 Å². The first-order chi connectivity index (χ1) is 11.6. The number of methoxy groups -OCH3 is 1. The quantitative estimate of drug-likeness (QED) is 0.256. The van der Waals surface area contributed by atoms with Crippen LogP contribution in [0.5, 0.6) is 11.5 Å². The number of carbonyl (C=O) groups is 1. The molecule has 0 fully saturated rings. The van der Waals surface area contributed by atoms with Crippen LogP contribution in [0, 0.1) is 10.1 Å². The Labute approximate surface area is 142 Å². The molecule has 0 radical (unpaired) electrons. The summed E-state index contributed by atoms with van der Waals surface area (Å²) in [5.41, 5.74) is 4.35. The topological polar surface area (TPSA) is 182 Å². The van der Waals surface area contributed by atoms with Crippen molar-refractivity contribution in [3.8, 4) is 11.5 Å². The van der Waals surface area contributed by atoms with E-state index in [1.165, 1.54) is 0 Å². The van der Waals surface area contributed by atoms with E-state index in [-0.39, 0.29) is 30.4 Å². The van der Waals surface area contributed by atoms with Crippen LogP contribution < -0.4 is 15.2 Å². The maximum absolute atomic E-state index is 12.2. The Hall–Kier alpha value is -2.20. The summed E-state index contributed by atoms with van der Waals surface area (Å²) in [6.07, 6.45) is -0.0814. The highest BCUT2D eigenvalue weighted by Crippen LogP contribution is 2.55. The predicted octanol–water partition coefficient (Wildman–Crippen LogP) is 0.677. The van der Waals surface area contributed by atoms with Gasteiger partial charge in [-0.15, -0.1) is 0 Å². The maximum Gasteiger partial charge on any atom is 0.341 e. The van der Waals surface area contributed by atoms with Crippen molar-refractivity contribution in [3.05, 3.63) is 27.8 Å². The number of nitro benzene ring substituents is 1. The summed E-state index contributed by atoms with van der Waals surface area (Å²) in [5, 5.41) is 30.0. The SMILES string of the molecule is COc1cc(C(O)P(=O)(O)CCCN)cc([N+](=O)[O-])c1OCC(=O)O. The molecule has 0 aromatic heterocycles. The minimum atomic E-state index is -4.09. The van der Waals surface area contributed by atoms with Gasteiger partial charge in [0, 0.05) is 17.8 Å². The fourth-order valence-electron chi connectivity index (χ4n) is 2.00. The smallest absolute Gasteiger partial charge is 0.341 e. The molecule has 5 N–H and O–H groups in total. The van der Waals surface area contributed by atoms with Crippen molar-refractivity contribution in [3.63, 3.8) is 0 Å². The molecule has 1 rings (SSSR count). The normalized spacial score (nSPS) is 14.4. The van der Waals surface area contributed by atoms with Crippen LogP contribution in [0.2, 0.25) is 0 Å². The Morgan fingerprint density at radius 3 is 2.60 bits per heavy atom. The first-order valence-electron chi connectivity index (χ1n) is 7.04. The molecular formula is C13H19N2O9P. The van der Waals surface area contributed by atoms with E-state index in [2.05, 4.69) is 0 Å². The Bertz CT molecular complexity index is 694. The molecule has 2 unspecified atom stereocenters. The van der Waals surface area contributed by atoms with Crippen LogP contribution in [0.4, 0.5) is 5.69 Å². The molecule has 1 aromatic rings. The molecule has 0 aliphatic heterocycles. The van der Waals surface area contributed by atoms with Crippen LogP contribution in [-0.2, 0) is 9.36 Å². The number of ether oxygens (including phenoxy) is 2. The predicted molar refractivity (Wildman–Crippen MR) is 86.1 cm³/mol. The van der Waals surface area contributed by atoms with Crippen LogP contribution in [0.3, 0.4) is 0 Å². The molecule has 0 bridgehead atoms. The number of nitro groups is 1. The number of aliphatic hydroxyl groups is 1. The highest BCUT2D eigenvalue weighted by molar-refractivity contribution is 7.58. The minimum absolute atomic E-state index is 0.142. The Balaban J connectivity index is 3.35. The van der Waals surface area contributed by atoms with Crippen molar-refractivity contribution < 1.29 is 38.9 Å². The summed E-state index contributed by atoms with van der Waals surface area (Å²) in [6.45, 7) is -0.712. The Morgan fingerprint density at radius 1 is 1.48 bits per heavy atom. The molecule has 2 atom stereocenters. The number of aliphatic carboxylic acids is 1. The molecule has 12 heteroatoms. The second-order valence-electron chi connectivity index (χ2n) is 5.01. The maximum atomic E-state index is 12.2. The summed E-state index contributed by atoms with van der Waals surface area (Å²) in [4.78, 5) is 30.9. The third kappa shape index (κ3) is 5.40. The Morgan fingerprint density at radius 2 is 2.12 bits per heavy atom. The van der Waals surface area contributed by atoms with Gasteiger partial charge in [0.15, 0.2) is 18.2 Å². The third-order valence-corrected chi connectivity index (χ3v) is 5.20. The molecule has 0 amide bonds. The number of carboxylic acids is 1. The van der Waals surface area contributed by atoms with Crippen molar-refractivity contribution in [1.82, 2.24) is 0 Å². The second kappa shape index (κ2) is 8.77. The molecule has 0 saturated carbocycles. The van der Waals surface area contributed by atoms with E-state index >= 15 is 0 Å². The van der Waals surface area contributed by atoms with Crippen LogP contribution in [0.1, 0.15) is 17.8 Å². The van der Waals surface area contributed by atoms with Gasteiger partial charge in [-0.2, -0.15) is 0 Å². The lowest BCUT2D eigenvalue weighted by atomic mass is 10.1. The average Bonchev–Trinajstić information content (AvgIpc) is 2.56. The minimum Gasteiger partial charge on any atom is -0.493 e. The summed E-state index contributed by atoms with van der Waals surface area (Å²) < 4.78 is 22.0. The third-order valence-electron chi connectivity index (χ3n) is 3.18. The zero-order valence-electron chi connectivity index (χ0n) is 13.3. The molecule has 25 heavy (non-hydrogen) atoms. The number of nitrogens with two attached hydrogens (primary N) is 1. The number of nitrogens with zero attached hydrogens (tertiary/aromatic N) is 1. The van der Waals surface area contributed by atoms with Crippen LogP contribution in [0.25, 0.3) is 0 Å². The fourth-order valence-corrected chi connectivity index (χ4v) is 3.49. The Kier molecular flexibility index (Phi) is 7.31. The van der Waals surface area contributed by atoms with Gasteiger partial charge in [-0.05, 0) is 19.0 Å². The number of carboxylic acid groups (broad SMARTS) is 1. The molecule has 0 heterocycles. The van der Waals surface area contributed by atoms with Gasteiger partial charge in [0.05, 0.1) is 12.0 Å². The first-order valence-corrected chi connectivity index (χ1v) is 8.96. The fraction of sp³-hybridized carbons (Fsp3) is 0.462. The monoisotopic (exact) mass is 378 g/mol. The summed E-state index contributed by atoms with van der Waals surface area (Å²) in [5.74, 6) is -3.95. The summed E-state index contributed by atoms with van der Waals surface area (Å²) >= 11 is 0. The number of benzene rings is 1.